The van der Waals surface area contributed by atoms with Gasteiger partial charge in [-0.2, -0.15) is 5.10 Å². The van der Waals surface area contributed by atoms with Gasteiger partial charge in [-0.15, -0.1) is 0 Å². The maximum Gasteiger partial charge on any atom is 0.407 e. The van der Waals surface area contributed by atoms with Crippen LogP contribution in [-0.4, -0.2) is 33.9 Å². The minimum Gasteiger partial charge on any atom is -0.444 e. The number of pyridine rings is 1. The van der Waals surface area contributed by atoms with Crippen LogP contribution in [0, 0.1) is 0 Å². The maximum atomic E-state index is 12.2. The predicted molar refractivity (Wildman–Crippen MR) is 90.5 cm³/mol. The molecule has 0 atom stereocenters. The SMILES string of the molecule is [2H]C([2H])([2H])Nc1nc(Br)cc2c(CNC(=O)OC(C)(C)C)n[nH]c(=O)c12. The molecule has 0 aliphatic heterocycles. The molecule has 2 aromatic rings. The van der Waals surface area contributed by atoms with Gasteiger partial charge >= 0.3 is 6.09 Å². The summed E-state index contributed by atoms with van der Waals surface area (Å²) in [5.41, 5.74) is -0.941. The third-order valence-electron chi connectivity index (χ3n) is 2.74. The van der Waals surface area contributed by atoms with Crippen LogP contribution in [-0.2, 0) is 11.3 Å². The lowest BCUT2D eigenvalue weighted by atomic mass is 10.1. The van der Waals surface area contributed by atoms with Gasteiger partial charge in [-0.05, 0) is 42.8 Å². The first-order valence-corrected chi connectivity index (χ1v) is 7.48. The quantitative estimate of drug-likeness (QED) is 0.697. The molecule has 2 heterocycles. The van der Waals surface area contributed by atoms with Gasteiger partial charge in [0.1, 0.15) is 16.0 Å². The molecule has 0 spiro atoms. The van der Waals surface area contributed by atoms with Crippen molar-refractivity contribution in [3.63, 3.8) is 0 Å². The van der Waals surface area contributed by atoms with Crippen molar-refractivity contribution in [1.29, 1.82) is 0 Å². The summed E-state index contributed by atoms with van der Waals surface area (Å²) in [5, 5.41) is 11.4. The van der Waals surface area contributed by atoms with Gasteiger partial charge in [0.2, 0.25) is 0 Å². The third kappa shape index (κ3) is 4.19. The van der Waals surface area contributed by atoms with Crippen LogP contribution < -0.4 is 16.2 Å². The van der Waals surface area contributed by atoms with Gasteiger partial charge in [-0.3, -0.25) is 4.79 Å². The monoisotopic (exact) mass is 386 g/mol. The van der Waals surface area contributed by atoms with Crippen LogP contribution in [0.4, 0.5) is 10.6 Å². The summed E-state index contributed by atoms with van der Waals surface area (Å²) in [4.78, 5) is 28.0. The number of hydrogen-bond donors (Lipinski definition) is 3. The molecule has 0 radical (unpaired) electrons. The summed E-state index contributed by atoms with van der Waals surface area (Å²) in [6.45, 7) is 2.62. The lowest BCUT2D eigenvalue weighted by molar-refractivity contribution is 0.0523. The number of fused-ring (bicyclic) bond motifs is 1. The molecule has 0 aliphatic rings. The number of ether oxygens (including phenoxy) is 1. The molecule has 3 N–H and O–H groups in total. The first-order valence-electron chi connectivity index (χ1n) is 8.18. The molecule has 8 nitrogen and oxygen atoms in total. The lowest BCUT2D eigenvalue weighted by Gasteiger charge is -2.19. The standard InChI is InChI=1S/C14H18BrN5O3/c1-14(2,3)23-13(22)17-6-8-7-5-9(15)18-11(16-4)10(7)12(21)20-19-8/h5H,6H2,1-4H3,(H,16,18)(H,17,22)(H,20,21)/i4D3. The third-order valence-corrected chi connectivity index (χ3v) is 3.14. The number of nitrogens with one attached hydrogen (secondary N) is 3. The zero-order valence-electron chi connectivity index (χ0n) is 15.8. The Balaban J connectivity index is 2.42. The molecule has 0 unspecified atom stereocenters. The van der Waals surface area contributed by atoms with E-state index in [4.69, 9.17) is 8.85 Å². The van der Waals surface area contributed by atoms with E-state index in [9.17, 15) is 9.59 Å². The Hall–Kier alpha value is -2.16. The van der Waals surface area contributed by atoms with Crippen molar-refractivity contribution in [1.82, 2.24) is 20.5 Å². The molecule has 9 heteroatoms. The predicted octanol–water partition coefficient (Wildman–Crippen LogP) is 2.15. The molecule has 0 bridgehead atoms. The van der Waals surface area contributed by atoms with Gasteiger partial charge in [0, 0.05) is 16.5 Å². The molecule has 23 heavy (non-hydrogen) atoms. The Morgan fingerprint density at radius 2 is 2.26 bits per heavy atom. The summed E-state index contributed by atoms with van der Waals surface area (Å²) in [6.07, 6.45) is -0.646. The smallest absolute Gasteiger partial charge is 0.407 e. The van der Waals surface area contributed by atoms with Crippen molar-refractivity contribution in [3.05, 3.63) is 26.7 Å². The molecule has 1 amide bonds. The van der Waals surface area contributed by atoms with Gasteiger partial charge < -0.3 is 15.4 Å². The molecule has 0 saturated carbocycles. The second kappa shape index (κ2) is 6.53. The van der Waals surface area contributed by atoms with Gasteiger partial charge in [0.05, 0.1) is 17.6 Å². The lowest BCUT2D eigenvalue weighted by Crippen LogP contribution is -2.32. The number of aromatic nitrogens is 3. The number of rotatable bonds is 3. The Labute approximate surface area is 145 Å². The Morgan fingerprint density at radius 1 is 1.52 bits per heavy atom. The van der Waals surface area contributed by atoms with E-state index in [0.717, 1.165) is 0 Å². The van der Waals surface area contributed by atoms with Gasteiger partial charge in [0.25, 0.3) is 5.56 Å². The summed E-state index contributed by atoms with van der Waals surface area (Å²) < 4.78 is 27.4. The molecular formula is C14H18BrN5O3. The van der Waals surface area contributed by atoms with Crippen LogP contribution >= 0.6 is 15.9 Å². The maximum absolute atomic E-state index is 12.2. The first kappa shape index (κ1) is 13.3. The summed E-state index contributed by atoms with van der Waals surface area (Å²) in [5.74, 6) is -0.114. The van der Waals surface area contributed by atoms with E-state index in [1.54, 1.807) is 20.8 Å². The normalized spacial score (nSPS) is 13.8. The highest BCUT2D eigenvalue weighted by molar-refractivity contribution is 9.10. The highest BCUT2D eigenvalue weighted by Gasteiger charge is 2.17. The minimum absolute atomic E-state index is 0.0281. The number of aromatic amines is 1. The fraction of sp³-hybridized carbons (Fsp3) is 0.429. The Morgan fingerprint density at radius 3 is 2.91 bits per heavy atom. The van der Waals surface area contributed by atoms with Crippen LogP contribution in [0.5, 0.6) is 0 Å². The number of carbonyl (C=O) groups is 1. The second-order valence-electron chi connectivity index (χ2n) is 5.70. The fourth-order valence-electron chi connectivity index (χ4n) is 1.90. The van der Waals surface area contributed by atoms with E-state index in [-0.39, 0.29) is 17.7 Å². The zero-order chi connectivity index (χ0) is 19.7. The second-order valence-corrected chi connectivity index (χ2v) is 6.51. The van der Waals surface area contributed by atoms with Crippen molar-refractivity contribution < 1.29 is 13.6 Å². The van der Waals surface area contributed by atoms with Gasteiger partial charge in [0.15, 0.2) is 0 Å². The van der Waals surface area contributed by atoms with E-state index < -0.39 is 24.2 Å². The van der Waals surface area contributed by atoms with E-state index >= 15 is 0 Å². The average molecular weight is 387 g/mol. The minimum atomic E-state index is -2.54. The van der Waals surface area contributed by atoms with Crippen molar-refractivity contribution >= 4 is 38.6 Å². The van der Waals surface area contributed by atoms with Crippen molar-refractivity contribution in [2.75, 3.05) is 12.3 Å². The summed E-state index contributed by atoms with van der Waals surface area (Å²) in [7, 11) is 0. The van der Waals surface area contributed by atoms with Crippen LogP contribution in [0.3, 0.4) is 0 Å². The number of nitrogens with zero attached hydrogens (tertiary/aromatic N) is 2. The first-order chi connectivity index (χ1) is 11.9. The number of amides is 1. The van der Waals surface area contributed by atoms with Crippen LogP contribution in [0.25, 0.3) is 10.8 Å². The Kier molecular flexibility index (Phi) is 3.77. The molecule has 0 aromatic carbocycles. The molecule has 0 fully saturated rings. The van der Waals surface area contributed by atoms with Gasteiger partial charge in [-0.25, -0.2) is 14.9 Å². The number of carbonyl (C=O) groups excluding carboxylic acids is 1. The molecule has 124 valence electrons. The molecule has 2 rings (SSSR count). The van der Waals surface area contributed by atoms with Crippen LogP contribution in [0.15, 0.2) is 15.5 Å². The zero-order valence-corrected chi connectivity index (χ0v) is 14.4. The van der Waals surface area contributed by atoms with Crippen molar-refractivity contribution in [2.45, 2.75) is 32.9 Å². The van der Waals surface area contributed by atoms with E-state index in [1.807, 2.05) is 0 Å². The number of H-pyrrole nitrogens is 1. The van der Waals surface area contributed by atoms with Crippen molar-refractivity contribution in [2.24, 2.45) is 0 Å². The highest BCUT2D eigenvalue weighted by atomic mass is 79.9. The number of alkyl carbamates (subject to hydrolysis) is 1. The highest BCUT2D eigenvalue weighted by Crippen LogP contribution is 2.23. The number of halogens is 1. The molecular weight excluding hydrogens is 366 g/mol. The summed E-state index contributed by atoms with van der Waals surface area (Å²) in [6, 6.07) is 1.52. The molecule has 0 aliphatic carbocycles. The van der Waals surface area contributed by atoms with Crippen molar-refractivity contribution in [3.8, 4) is 0 Å². The molecule has 2 aromatic heterocycles. The van der Waals surface area contributed by atoms with E-state index in [0.29, 0.717) is 15.7 Å². The largest absolute Gasteiger partial charge is 0.444 e. The van der Waals surface area contributed by atoms with Crippen LogP contribution in [0.1, 0.15) is 30.6 Å². The van der Waals surface area contributed by atoms with Gasteiger partial charge in [-0.1, -0.05) is 0 Å². The average Bonchev–Trinajstić information content (AvgIpc) is 2.42. The fourth-order valence-corrected chi connectivity index (χ4v) is 2.31. The van der Waals surface area contributed by atoms with Crippen LogP contribution in [0.2, 0.25) is 0 Å². The number of hydrogen-bond acceptors (Lipinski definition) is 6. The molecule has 0 saturated heterocycles. The summed E-state index contributed by atoms with van der Waals surface area (Å²) >= 11 is 3.18. The van der Waals surface area contributed by atoms with E-state index in [2.05, 4.69) is 41.7 Å². The van der Waals surface area contributed by atoms with E-state index in [1.165, 1.54) is 6.07 Å². The number of anilines is 1. The topological polar surface area (TPSA) is 109 Å². The Bertz CT molecular complexity index is 892.